The zero-order chi connectivity index (χ0) is 11.7. The van der Waals surface area contributed by atoms with E-state index in [1.165, 1.54) is 18.5 Å². The number of hydrogen-bond acceptors (Lipinski definition) is 3. The van der Waals surface area contributed by atoms with E-state index in [4.69, 9.17) is 0 Å². The molecule has 0 amide bonds. The summed E-state index contributed by atoms with van der Waals surface area (Å²) in [5.74, 6) is 0. The lowest BCUT2D eigenvalue weighted by atomic mass is 10.4. The molecule has 2 aromatic rings. The third-order valence-corrected chi connectivity index (χ3v) is 3.12. The Bertz CT molecular complexity index is 494. The zero-order valence-electron chi connectivity index (χ0n) is 10.0. The Labute approximate surface area is 100 Å². The Morgan fingerprint density at radius 3 is 3.00 bits per heavy atom. The highest BCUT2D eigenvalue weighted by Gasteiger charge is 2.24. The monoisotopic (exact) mass is 231 g/mol. The molecule has 0 unspecified atom stereocenters. The minimum absolute atomic E-state index is 0.688. The van der Waals surface area contributed by atoms with Crippen molar-refractivity contribution in [2.45, 2.75) is 38.9 Å². The van der Waals surface area contributed by atoms with Crippen LogP contribution in [0.5, 0.6) is 0 Å². The van der Waals surface area contributed by atoms with Gasteiger partial charge in [0, 0.05) is 25.0 Å². The minimum atomic E-state index is 0.688. The van der Waals surface area contributed by atoms with E-state index < -0.39 is 0 Å². The first kappa shape index (κ1) is 10.4. The van der Waals surface area contributed by atoms with Crippen molar-refractivity contribution in [3.8, 4) is 0 Å². The van der Waals surface area contributed by atoms with Crippen LogP contribution in [-0.2, 0) is 13.1 Å². The van der Waals surface area contributed by atoms with Crippen molar-refractivity contribution < 1.29 is 0 Å². The molecule has 2 aromatic heterocycles. The van der Waals surface area contributed by atoms with Gasteiger partial charge in [-0.05, 0) is 19.8 Å². The van der Waals surface area contributed by atoms with Gasteiger partial charge in [-0.25, -0.2) is 4.98 Å². The molecule has 2 heterocycles. The van der Waals surface area contributed by atoms with Crippen LogP contribution in [0.25, 0.3) is 0 Å². The summed E-state index contributed by atoms with van der Waals surface area (Å²) in [7, 11) is 0. The van der Waals surface area contributed by atoms with Gasteiger partial charge in [0.15, 0.2) is 0 Å². The van der Waals surface area contributed by atoms with Gasteiger partial charge in [-0.1, -0.05) is 0 Å². The number of rotatable bonds is 5. The van der Waals surface area contributed by atoms with Crippen molar-refractivity contribution in [1.82, 2.24) is 19.3 Å². The van der Waals surface area contributed by atoms with Crippen LogP contribution >= 0.6 is 0 Å². The molecule has 1 N–H and O–H groups in total. The van der Waals surface area contributed by atoms with Gasteiger partial charge in [0.05, 0.1) is 30.5 Å². The largest absolute Gasteiger partial charge is 0.377 e. The smallest absolute Gasteiger partial charge is 0.0951 e. The molecule has 5 heteroatoms. The lowest BCUT2D eigenvalue weighted by molar-refractivity contribution is 0.660. The second-order valence-corrected chi connectivity index (χ2v) is 4.46. The van der Waals surface area contributed by atoms with Gasteiger partial charge < -0.3 is 9.88 Å². The second-order valence-electron chi connectivity index (χ2n) is 4.46. The molecular formula is C12H17N5. The van der Waals surface area contributed by atoms with Crippen LogP contribution in [0.4, 0.5) is 5.69 Å². The quantitative estimate of drug-likeness (QED) is 0.856. The van der Waals surface area contributed by atoms with Crippen LogP contribution < -0.4 is 5.32 Å². The fraction of sp³-hybridized carbons (Fsp3) is 0.500. The third kappa shape index (κ3) is 2.18. The van der Waals surface area contributed by atoms with Gasteiger partial charge in [0.2, 0.25) is 0 Å². The molecule has 90 valence electrons. The highest BCUT2D eigenvalue weighted by molar-refractivity contribution is 5.38. The van der Waals surface area contributed by atoms with E-state index in [-0.39, 0.29) is 0 Å². The number of anilines is 1. The maximum atomic E-state index is 4.24. The molecule has 1 aliphatic carbocycles. The van der Waals surface area contributed by atoms with Crippen LogP contribution in [0, 0.1) is 0 Å². The number of nitrogens with one attached hydrogen (secondary N) is 1. The Kier molecular flexibility index (Phi) is 2.59. The summed E-state index contributed by atoms with van der Waals surface area (Å²) in [4.78, 5) is 4.22. The first-order valence-electron chi connectivity index (χ1n) is 6.14. The van der Waals surface area contributed by atoms with Gasteiger partial charge in [-0.2, -0.15) is 5.10 Å². The fourth-order valence-corrected chi connectivity index (χ4v) is 1.97. The van der Waals surface area contributed by atoms with Gasteiger partial charge in [0.1, 0.15) is 0 Å². The van der Waals surface area contributed by atoms with E-state index in [2.05, 4.69) is 26.9 Å². The van der Waals surface area contributed by atoms with E-state index in [0.29, 0.717) is 6.04 Å². The summed E-state index contributed by atoms with van der Waals surface area (Å²) < 4.78 is 4.19. The number of hydrogen-bond donors (Lipinski definition) is 1. The Hall–Kier alpha value is -1.78. The van der Waals surface area contributed by atoms with Crippen molar-refractivity contribution >= 4 is 5.69 Å². The molecular weight excluding hydrogens is 214 g/mol. The lowest BCUT2D eigenvalue weighted by Gasteiger charge is -2.07. The SMILES string of the molecule is CCn1cc(NCc2cncn2C2CC2)cn1. The fourth-order valence-electron chi connectivity index (χ4n) is 1.97. The van der Waals surface area contributed by atoms with E-state index in [1.54, 1.807) is 0 Å². The van der Waals surface area contributed by atoms with Crippen LogP contribution in [0.15, 0.2) is 24.9 Å². The van der Waals surface area contributed by atoms with Gasteiger partial charge in [-0.15, -0.1) is 0 Å². The van der Waals surface area contributed by atoms with E-state index in [9.17, 15) is 0 Å². The molecule has 0 atom stereocenters. The van der Waals surface area contributed by atoms with Gasteiger partial charge in [-0.3, -0.25) is 4.68 Å². The number of imidazole rings is 1. The normalized spacial score (nSPS) is 15.1. The summed E-state index contributed by atoms with van der Waals surface area (Å²) >= 11 is 0. The van der Waals surface area contributed by atoms with Gasteiger partial charge in [0.25, 0.3) is 0 Å². The topological polar surface area (TPSA) is 47.7 Å². The summed E-state index contributed by atoms with van der Waals surface area (Å²) in [5, 5.41) is 7.62. The maximum Gasteiger partial charge on any atom is 0.0951 e. The molecule has 0 aliphatic heterocycles. The maximum absolute atomic E-state index is 4.24. The summed E-state index contributed by atoms with van der Waals surface area (Å²) in [6.07, 6.45) is 10.3. The number of aromatic nitrogens is 4. The number of nitrogens with zero attached hydrogens (tertiary/aromatic N) is 4. The van der Waals surface area contributed by atoms with Crippen LogP contribution in [-0.4, -0.2) is 19.3 Å². The highest BCUT2D eigenvalue weighted by atomic mass is 15.3. The summed E-state index contributed by atoms with van der Waals surface area (Å²) in [5.41, 5.74) is 2.31. The van der Waals surface area contributed by atoms with Crippen molar-refractivity contribution in [2.75, 3.05) is 5.32 Å². The number of aryl methyl sites for hydroxylation is 1. The Morgan fingerprint density at radius 2 is 2.29 bits per heavy atom. The predicted molar refractivity (Wildman–Crippen MR) is 65.7 cm³/mol. The molecule has 3 rings (SSSR count). The molecule has 17 heavy (non-hydrogen) atoms. The van der Waals surface area contributed by atoms with Crippen LogP contribution in [0.2, 0.25) is 0 Å². The highest BCUT2D eigenvalue weighted by Crippen LogP contribution is 2.35. The Morgan fingerprint density at radius 1 is 1.41 bits per heavy atom. The molecule has 0 saturated heterocycles. The molecule has 1 saturated carbocycles. The van der Waals surface area contributed by atoms with Crippen LogP contribution in [0.1, 0.15) is 31.5 Å². The van der Waals surface area contributed by atoms with Crippen molar-refractivity contribution in [3.05, 3.63) is 30.6 Å². The summed E-state index contributed by atoms with van der Waals surface area (Å²) in [6.45, 7) is 3.80. The molecule has 0 aromatic carbocycles. The van der Waals surface area contributed by atoms with E-state index >= 15 is 0 Å². The molecule has 0 radical (unpaired) electrons. The van der Waals surface area contributed by atoms with Crippen molar-refractivity contribution in [3.63, 3.8) is 0 Å². The van der Waals surface area contributed by atoms with Crippen molar-refractivity contribution in [1.29, 1.82) is 0 Å². The minimum Gasteiger partial charge on any atom is -0.377 e. The Balaban J connectivity index is 1.64. The van der Waals surface area contributed by atoms with Crippen molar-refractivity contribution in [2.24, 2.45) is 0 Å². The van der Waals surface area contributed by atoms with E-state index in [0.717, 1.165) is 18.8 Å². The van der Waals surface area contributed by atoms with Gasteiger partial charge >= 0.3 is 0 Å². The van der Waals surface area contributed by atoms with Crippen LogP contribution in [0.3, 0.4) is 0 Å². The average molecular weight is 231 g/mol. The first-order chi connectivity index (χ1) is 8.36. The molecule has 1 aliphatic rings. The molecule has 5 nitrogen and oxygen atoms in total. The molecule has 1 fully saturated rings. The summed E-state index contributed by atoms with van der Waals surface area (Å²) in [6, 6.07) is 0.688. The molecule has 0 spiro atoms. The average Bonchev–Trinajstić information content (AvgIpc) is 2.93. The molecule has 0 bridgehead atoms. The zero-order valence-corrected chi connectivity index (χ0v) is 10.0. The lowest BCUT2D eigenvalue weighted by Crippen LogP contribution is -2.05. The third-order valence-electron chi connectivity index (χ3n) is 3.12. The standard InChI is InChI=1S/C12H17N5/c1-2-16-8-10(5-15-16)14-7-12-6-13-9-17(12)11-3-4-11/h5-6,8-9,11,14H,2-4,7H2,1H3. The van der Waals surface area contributed by atoms with E-state index in [1.807, 2.05) is 29.6 Å². The first-order valence-corrected chi connectivity index (χ1v) is 6.14. The predicted octanol–water partition coefficient (Wildman–Crippen LogP) is 2.05. The second kappa shape index (κ2) is 4.24.